The number of ether oxygens (including phenoxy) is 1. The predicted molar refractivity (Wildman–Crippen MR) is 80.7 cm³/mol. The maximum absolute atomic E-state index is 11.9. The van der Waals surface area contributed by atoms with E-state index in [2.05, 4.69) is 15.6 Å². The summed E-state index contributed by atoms with van der Waals surface area (Å²) in [5, 5.41) is 12.3. The summed E-state index contributed by atoms with van der Waals surface area (Å²) in [4.78, 5) is 34.5. The monoisotopic (exact) mass is 319 g/mol. The molecule has 0 fully saturated rings. The van der Waals surface area contributed by atoms with Crippen molar-refractivity contribution in [3.63, 3.8) is 0 Å². The van der Waals surface area contributed by atoms with Crippen molar-refractivity contribution < 1.29 is 19.1 Å². The van der Waals surface area contributed by atoms with Crippen molar-refractivity contribution in [1.29, 1.82) is 0 Å². The lowest BCUT2D eigenvalue weighted by molar-refractivity contribution is -0.123. The Labute approximate surface area is 132 Å². The van der Waals surface area contributed by atoms with Crippen LogP contribution in [0, 0.1) is 0 Å². The fourth-order valence-electron chi connectivity index (χ4n) is 1.91. The van der Waals surface area contributed by atoms with Gasteiger partial charge in [-0.05, 0) is 32.0 Å². The second-order valence-electron chi connectivity index (χ2n) is 4.59. The molecule has 0 saturated carbocycles. The molecular formula is C14H17N5O4. The van der Waals surface area contributed by atoms with Crippen LogP contribution in [0.3, 0.4) is 0 Å². The summed E-state index contributed by atoms with van der Waals surface area (Å²) < 4.78 is 6.56. The van der Waals surface area contributed by atoms with Gasteiger partial charge in [0.1, 0.15) is 5.52 Å². The number of fused-ring (bicyclic) bond motifs is 1. The fourth-order valence-corrected chi connectivity index (χ4v) is 1.91. The highest BCUT2D eigenvalue weighted by Gasteiger charge is 2.14. The van der Waals surface area contributed by atoms with Crippen LogP contribution in [-0.2, 0) is 16.1 Å². The first-order valence-electron chi connectivity index (χ1n) is 7.13. The number of esters is 1. The minimum absolute atomic E-state index is 0.256. The quantitative estimate of drug-likeness (QED) is 0.773. The van der Waals surface area contributed by atoms with Gasteiger partial charge in [-0.15, -0.1) is 5.10 Å². The Hall–Kier alpha value is -2.97. The summed E-state index contributed by atoms with van der Waals surface area (Å²) in [5.74, 6) is -1.38. The molecule has 0 saturated heterocycles. The van der Waals surface area contributed by atoms with Gasteiger partial charge in [0, 0.05) is 13.1 Å². The maximum Gasteiger partial charge on any atom is 0.338 e. The van der Waals surface area contributed by atoms with E-state index in [1.807, 2.05) is 12.2 Å². The molecule has 122 valence electrons. The Kier molecular flexibility index (Phi) is 5.23. The van der Waals surface area contributed by atoms with E-state index >= 15 is 0 Å². The Morgan fingerprint density at radius 1 is 1.26 bits per heavy atom. The molecule has 9 nitrogen and oxygen atoms in total. The number of aromatic nitrogens is 3. The van der Waals surface area contributed by atoms with E-state index in [-0.39, 0.29) is 5.56 Å². The van der Waals surface area contributed by atoms with Crippen molar-refractivity contribution in [3.05, 3.63) is 23.8 Å². The summed E-state index contributed by atoms with van der Waals surface area (Å²) in [7, 11) is 0. The van der Waals surface area contributed by atoms with Gasteiger partial charge in [-0.3, -0.25) is 10.1 Å². The summed E-state index contributed by atoms with van der Waals surface area (Å²) in [6.07, 6.45) is 0. The number of aryl methyl sites for hydroxylation is 1. The van der Waals surface area contributed by atoms with Gasteiger partial charge >= 0.3 is 12.0 Å². The van der Waals surface area contributed by atoms with Crippen molar-refractivity contribution in [2.24, 2.45) is 0 Å². The molecule has 2 rings (SSSR count). The first-order valence-corrected chi connectivity index (χ1v) is 7.13. The molecule has 1 heterocycles. The Morgan fingerprint density at radius 3 is 2.74 bits per heavy atom. The topological polar surface area (TPSA) is 115 Å². The lowest BCUT2D eigenvalue weighted by Gasteiger charge is -2.06. The lowest BCUT2D eigenvalue weighted by Crippen LogP contribution is -2.41. The Morgan fingerprint density at radius 2 is 2.04 bits per heavy atom. The van der Waals surface area contributed by atoms with Gasteiger partial charge in [-0.2, -0.15) is 0 Å². The van der Waals surface area contributed by atoms with Crippen LogP contribution in [0.15, 0.2) is 18.2 Å². The van der Waals surface area contributed by atoms with Gasteiger partial charge in [0.15, 0.2) is 6.61 Å². The number of nitrogens with zero attached hydrogens (tertiary/aromatic N) is 3. The van der Waals surface area contributed by atoms with Crippen LogP contribution in [0.1, 0.15) is 24.2 Å². The molecule has 9 heteroatoms. The maximum atomic E-state index is 11.9. The number of hydrogen-bond donors (Lipinski definition) is 2. The van der Waals surface area contributed by atoms with Gasteiger partial charge in [0.2, 0.25) is 0 Å². The zero-order chi connectivity index (χ0) is 16.8. The number of imide groups is 1. The number of urea groups is 1. The van der Waals surface area contributed by atoms with Crippen LogP contribution in [0.4, 0.5) is 4.79 Å². The van der Waals surface area contributed by atoms with Crippen molar-refractivity contribution in [2.45, 2.75) is 20.4 Å². The van der Waals surface area contributed by atoms with Crippen molar-refractivity contribution in [2.75, 3.05) is 13.2 Å². The first kappa shape index (κ1) is 16.4. The number of carbonyl (C=O) groups is 3. The van der Waals surface area contributed by atoms with Gasteiger partial charge in [0.05, 0.1) is 11.1 Å². The fraction of sp³-hybridized carbons (Fsp3) is 0.357. The second-order valence-corrected chi connectivity index (χ2v) is 4.59. The molecule has 3 amide bonds. The second kappa shape index (κ2) is 7.34. The van der Waals surface area contributed by atoms with Gasteiger partial charge in [0.25, 0.3) is 5.91 Å². The zero-order valence-corrected chi connectivity index (χ0v) is 12.8. The predicted octanol–water partition coefficient (Wildman–Crippen LogP) is 0.454. The highest BCUT2D eigenvalue weighted by Crippen LogP contribution is 2.14. The molecule has 0 unspecified atom stereocenters. The summed E-state index contributed by atoms with van der Waals surface area (Å²) in [6.45, 7) is 4.16. The Bertz CT molecular complexity index is 740. The molecule has 2 N–H and O–H groups in total. The van der Waals surface area contributed by atoms with Crippen molar-refractivity contribution >= 4 is 28.9 Å². The standard InChI is InChI=1S/C14H17N5O4/c1-3-15-14(22)16-12(20)8-23-13(21)9-5-6-11-10(7-9)17-18-19(11)4-2/h5-7H,3-4,8H2,1-2H3,(H2,15,16,20,22). The summed E-state index contributed by atoms with van der Waals surface area (Å²) in [5.41, 5.74) is 1.62. The van der Waals surface area contributed by atoms with Crippen molar-refractivity contribution in [1.82, 2.24) is 25.6 Å². The normalized spacial score (nSPS) is 10.3. The number of carbonyl (C=O) groups excluding carboxylic acids is 3. The van der Waals surface area contributed by atoms with Crippen LogP contribution in [0.25, 0.3) is 11.0 Å². The summed E-state index contributed by atoms with van der Waals surface area (Å²) >= 11 is 0. The van der Waals surface area contributed by atoms with E-state index in [0.717, 1.165) is 5.52 Å². The molecule has 0 bridgehead atoms. The van der Waals surface area contributed by atoms with Crippen LogP contribution < -0.4 is 10.6 Å². The molecule has 0 atom stereocenters. The molecule has 0 aliphatic carbocycles. The molecule has 23 heavy (non-hydrogen) atoms. The zero-order valence-electron chi connectivity index (χ0n) is 12.8. The smallest absolute Gasteiger partial charge is 0.338 e. The van der Waals surface area contributed by atoms with Gasteiger partial charge < -0.3 is 10.1 Å². The van der Waals surface area contributed by atoms with E-state index < -0.39 is 24.5 Å². The number of nitrogens with one attached hydrogen (secondary N) is 2. The van der Waals surface area contributed by atoms with Crippen molar-refractivity contribution in [3.8, 4) is 0 Å². The largest absolute Gasteiger partial charge is 0.452 e. The average Bonchev–Trinajstić information content (AvgIpc) is 2.94. The molecule has 0 aliphatic heterocycles. The molecule has 2 aromatic rings. The van der Waals surface area contributed by atoms with Crippen LogP contribution in [-0.4, -0.2) is 46.1 Å². The minimum atomic E-state index is -0.706. The van der Waals surface area contributed by atoms with Crippen LogP contribution >= 0.6 is 0 Å². The molecule has 1 aromatic heterocycles. The molecular weight excluding hydrogens is 302 g/mol. The molecule has 1 aromatic carbocycles. The highest BCUT2D eigenvalue weighted by molar-refractivity contribution is 5.98. The van der Waals surface area contributed by atoms with Gasteiger partial charge in [-0.25, -0.2) is 14.3 Å². The number of hydrogen-bond acceptors (Lipinski definition) is 6. The van der Waals surface area contributed by atoms with Crippen LogP contribution in [0.5, 0.6) is 0 Å². The van der Waals surface area contributed by atoms with E-state index in [1.54, 1.807) is 29.8 Å². The molecule has 0 aliphatic rings. The SMILES string of the molecule is CCNC(=O)NC(=O)COC(=O)c1ccc2c(c1)nnn2CC. The molecule has 0 spiro atoms. The number of amides is 3. The lowest BCUT2D eigenvalue weighted by atomic mass is 10.2. The third-order valence-corrected chi connectivity index (χ3v) is 2.97. The summed E-state index contributed by atoms with van der Waals surface area (Å²) in [6, 6.07) is 4.19. The average molecular weight is 319 g/mol. The van der Waals surface area contributed by atoms with Gasteiger partial charge in [-0.1, -0.05) is 5.21 Å². The van der Waals surface area contributed by atoms with Crippen LogP contribution in [0.2, 0.25) is 0 Å². The highest BCUT2D eigenvalue weighted by atomic mass is 16.5. The van der Waals surface area contributed by atoms with E-state index in [4.69, 9.17) is 4.74 Å². The van der Waals surface area contributed by atoms with E-state index in [0.29, 0.717) is 18.6 Å². The Balaban J connectivity index is 1.95. The third-order valence-electron chi connectivity index (χ3n) is 2.97. The number of rotatable bonds is 5. The molecule has 0 radical (unpaired) electrons. The number of benzene rings is 1. The third kappa shape index (κ3) is 4.02. The first-order chi connectivity index (χ1) is 11.0. The van der Waals surface area contributed by atoms with E-state index in [9.17, 15) is 14.4 Å². The van der Waals surface area contributed by atoms with E-state index in [1.165, 1.54) is 0 Å². The minimum Gasteiger partial charge on any atom is -0.452 e.